The Morgan fingerprint density at radius 1 is 1.14 bits per heavy atom. The van der Waals surface area contributed by atoms with Crippen LogP contribution in [0.3, 0.4) is 0 Å². The number of nitrogens with zero attached hydrogens (tertiary/aromatic N) is 4. The van der Waals surface area contributed by atoms with Crippen molar-refractivity contribution in [2.75, 3.05) is 20.4 Å². The molecule has 1 saturated heterocycles. The lowest BCUT2D eigenvalue weighted by Gasteiger charge is -2.43. The molecule has 10 heteroatoms. The van der Waals surface area contributed by atoms with Crippen LogP contribution in [-0.4, -0.2) is 83.1 Å². The van der Waals surface area contributed by atoms with Gasteiger partial charge in [0.15, 0.2) is 17.2 Å². The second-order valence-electron chi connectivity index (χ2n) is 9.25. The van der Waals surface area contributed by atoms with Crippen molar-refractivity contribution in [1.82, 2.24) is 4.90 Å². The maximum Gasteiger partial charge on any atom is 0.170 e. The van der Waals surface area contributed by atoms with Crippen molar-refractivity contribution in [1.29, 1.82) is 0 Å². The number of rotatable bonds is 4. The van der Waals surface area contributed by atoms with Gasteiger partial charge in [0.05, 0.1) is 12.5 Å². The Bertz CT molecular complexity index is 1220. The van der Waals surface area contributed by atoms with E-state index in [4.69, 9.17) is 24.9 Å². The molecule has 2 aromatic carbocycles. The number of aliphatic hydroxyl groups is 2. The van der Waals surface area contributed by atoms with Crippen molar-refractivity contribution >= 4 is 17.9 Å². The molecule has 1 fully saturated rings. The van der Waals surface area contributed by atoms with Crippen LogP contribution in [0.15, 0.2) is 63.5 Å². The zero-order valence-electron chi connectivity index (χ0n) is 19.4. The van der Waals surface area contributed by atoms with Gasteiger partial charge in [0.25, 0.3) is 0 Å². The maximum absolute atomic E-state index is 10.7. The Morgan fingerprint density at radius 2 is 1.80 bits per heavy atom. The average molecular weight is 478 g/mol. The van der Waals surface area contributed by atoms with Gasteiger partial charge in [-0.05, 0) is 19.1 Å². The number of para-hydroxylation sites is 2. The highest BCUT2D eigenvalue weighted by molar-refractivity contribution is 6.47. The topological polar surface area (TPSA) is 134 Å². The predicted octanol–water partition coefficient (Wildman–Crippen LogP) is 1.22. The molecule has 0 radical (unpaired) electrons. The zero-order chi connectivity index (χ0) is 24.4. The molecule has 4 N–H and O–H groups in total. The number of ether oxygens (including phenoxy) is 3. The third-order valence-electron chi connectivity index (χ3n) is 7.37. The first-order chi connectivity index (χ1) is 16.9. The van der Waals surface area contributed by atoms with Crippen LogP contribution in [0.2, 0.25) is 0 Å². The molecule has 0 aliphatic carbocycles. The summed E-state index contributed by atoms with van der Waals surface area (Å²) in [5.41, 5.74) is 7.06. The van der Waals surface area contributed by atoms with E-state index >= 15 is 0 Å². The largest absolute Gasteiger partial charge is 0.457 e. The van der Waals surface area contributed by atoms with Crippen LogP contribution in [0.25, 0.3) is 0 Å². The van der Waals surface area contributed by atoms with Crippen molar-refractivity contribution in [3.05, 3.63) is 59.7 Å². The van der Waals surface area contributed by atoms with Crippen molar-refractivity contribution in [2.45, 2.75) is 42.5 Å². The quantitative estimate of drug-likeness (QED) is 0.603. The molecule has 0 spiro atoms. The van der Waals surface area contributed by atoms with Crippen molar-refractivity contribution in [3.63, 3.8) is 0 Å². The van der Waals surface area contributed by atoms with Gasteiger partial charge in [-0.3, -0.25) is 4.99 Å². The number of nitrogens with two attached hydrogens (primary N) is 1. The third kappa shape index (κ3) is 3.04. The molecule has 35 heavy (non-hydrogen) atoms. The van der Waals surface area contributed by atoms with Gasteiger partial charge >= 0.3 is 0 Å². The summed E-state index contributed by atoms with van der Waals surface area (Å²) in [6.07, 6.45) is -1.11. The number of methoxy groups -OCH3 is 1. The van der Waals surface area contributed by atoms with Crippen LogP contribution in [0.5, 0.6) is 11.5 Å². The molecule has 4 heterocycles. The maximum atomic E-state index is 10.7. The van der Waals surface area contributed by atoms with Crippen LogP contribution in [-0.2, 0) is 9.47 Å². The number of fused-ring (bicyclic) bond motifs is 3. The first-order valence-electron chi connectivity index (χ1n) is 11.5. The van der Waals surface area contributed by atoms with Crippen molar-refractivity contribution < 1.29 is 24.4 Å². The molecule has 4 aliphatic rings. The van der Waals surface area contributed by atoms with Crippen molar-refractivity contribution in [2.24, 2.45) is 20.7 Å². The Hall–Kier alpha value is -3.15. The molecule has 0 amide bonds. The summed E-state index contributed by atoms with van der Waals surface area (Å²) in [6, 6.07) is 15.5. The Labute approximate surface area is 202 Å². The zero-order valence-corrected chi connectivity index (χ0v) is 19.4. The molecule has 0 bridgehead atoms. The second-order valence-corrected chi connectivity index (χ2v) is 9.25. The molecule has 0 aromatic heterocycles. The van der Waals surface area contributed by atoms with E-state index in [2.05, 4.69) is 9.98 Å². The number of aliphatic hydroxyl groups excluding tert-OH is 2. The van der Waals surface area contributed by atoms with E-state index in [-0.39, 0.29) is 19.2 Å². The molecule has 6 rings (SSSR count). The lowest BCUT2D eigenvalue weighted by molar-refractivity contribution is -0.154. The van der Waals surface area contributed by atoms with Gasteiger partial charge in [-0.2, -0.15) is 0 Å². The highest BCUT2D eigenvalue weighted by atomic mass is 16.6. The van der Waals surface area contributed by atoms with Gasteiger partial charge in [-0.25, -0.2) is 9.98 Å². The minimum Gasteiger partial charge on any atom is -0.457 e. The van der Waals surface area contributed by atoms with E-state index in [9.17, 15) is 10.2 Å². The minimum atomic E-state index is -1.27. The van der Waals surface area contributed by atoms with E-state index < -0.39 is 29.7 Å². The predicted molar refractivity (Wildman–Crippen MR) is 129 cm³/mol. The third-order valence-corrected chi connectivity index (χ3v) is 7.37. The fourth-order valence-electron chi connectivity index (χ4n) is 5.71. The second kappa shape index (κ2) is 7.94. The van der Waals surface area contributed by atoms with Crippen LogP contribution in [0.4, 0.5) is 0 Å². The number of amidine groups is 1. The molecule has 0 saturated carbocycles. The Balaban J connectivity index is 1.43. The first-order valence-corrected chi connectivity index (χ1v) is 11.5. The lowest BCUT2D eigenvalue weighted by atomic mass is 9.76. The fourth-order valence-corrected chi connectivity index (χ4v) is 5.71. The number of aliphatic imine (C=N–C) groups is 3. The molecular formula is C25H27N5O5. The normalized spacial score (nSPS) is 33.5. The summed E-state index contributed by atoms with van der Waals surface area (Å²) in [5.74, 6) is 1.56. The Kier molecular flexibility index (Phi) is 5.06. The smallest absolute Gasteiger partial charge is 0.170 e. The standard InChI is InChI=1S/C25H27N5O5/c1-24(22(33-2)20(32)18(11-31)35-24)30-13-28-21-23(30)27-12-29-25(21,26)19-14-7-3-5-9-16(14)34-17-10-6-4-8-15(17)19/h3-10,12,18-20,22,31-32H,11,13,26H2,1-2H3/t18-,20-,22-,24-,25?/m1/s1. The van der Waals surface area contributed by atoms with E-state index in [0.29, 0.717) is 11.5 Å². The SMILES string of the molecule is CO[C@@H]1[C@H](O)[C@@H](CO)O[C@@]1(C)N1CN=C2C1=NC=NC2(N)C1c2ccccc2Oc2ccccc21. The van der Waals surface area contributed by atoms with Gasteiger partial charge in [-0.15, -0.1) is 0 Å². The molecule has 4 aliphatic heterocycles. The summed E-state index contributed by atoms with van der Waals surface area (Å²) in [6.45, 7) is 1.64. The number of hydrogen-bond acceptors (Lipinski definition) is 10. The van der Waals surface area contributed by atoms with Crippen LogP contribution in [0.1, 0.15) is 24.0 Å². The van der Waals surface area contributed by atoms with Crippen molar-refractivity contribution in [3.8, 4) is 11.5 Å². The van der Waals surface area contributed by atoms with Crippen LogP contribution in [0, 0.1) is 0 Å². The van der Waals surface area contributed by atoms with Gasteiger partial charge in [-0.1, -0.05) is 36.4 Å². The van der Waals surface area contributed by atoms with Gasteiger partial charge in [0.1, 0.15) is 48.5 Å². The lowest BCUT2D eigenvalue weighted by Crippen LogP contribution is -2.62. The minimum absolute atomic E-state index is 0.185. The average Bonchev–Trinajstić information content (AvgIpc) is 3.42. The summed E-state index contributed by atoms with van der Waals surface area (Å²) >= 11 is 0. The molecule has 182 valence electrons. The Morgan fingerprint density at radius 3 is 2.43 bits per heavy atom. The molecule has 10 nitrogen and oxygen atoms in total. The summed E-state index contributed by atoms with van der Waals surface area (Å²) in [5, 5.41) is 20.4. The number of benzene rings is 2. The monoisotopic (exact) mass is 477 g/mol. The van der Waals surface area contributed by atoms with E-state index in [1.165, 1.54) is 13.4 Å². The molecular weight excluding hydrogens is 450 g/mol. The van der Waals surface area contributed by atoms with E-state index in [0.717, 1.165) is 22.6 Å². The van der Waals surface area contributed by atoms with E-state index in [1.54, 1.807) is 6.92 Å². The number of hydrogen-bond donors (Lipinski definition) is 3. The molecule has 1 unspecified atom stereocenters. The fraction of sp³-hybridized carbons (Fsp3) is 0.400. The highest BCUT2D eigenvalue weighted by Crippen LogP contribution is 2.50. The molecule has 5 atom stereocenters. The summed E-state index contributed by atoms with van der Waals surface area (Å²) < 4.78 is 17.9. The highest BCUT2D eigenvalue weighted by Gasteiger charge is 2.60. The van der Waals surface area contributed by atoms with Gasteiger partial charge in [0, 0.05) is 18.2 Å². The summed E-state index contributed by atoms with van der Waals surface area (Å²) in [7, 11) is 1.50. The van der Waals surface area contributed by atoms with Gasteiger partial charge < -0.3 is 35.1 Å². The molecule has 2 aromatic rings. The van der Waals surface area contributed by atoms with E-state index in [1.807, 2.05) is 53.4 Å². The first kappa shape index (κ1) is 22.3. The van der Waals surface area contributed by atoms with Crippen LogP contribution >= 0.6 is 0 Å². The van der Waals surface area contributed by atoms with Crippen LogP contribution < -0.4 is 10.5 Å². The summed E-state index contributed by atoms with van der Waals surface area (Å²) in [4.78, 5) is 15.8. The van der Waals surface area contributed by atoms with Gasteiger partial charge in [0.2, 0.25) is 0 Å².